The largest absolute Gasteiger partial charge is 0.314 e. The van der Waals surface area contributed by atoms with Gasteiger partial charge in [0.25, 0.3) is 0 Å². The summed E-state index contributed by atoms with van der Waals surface area (Å²) in [6.45, 7) is 5.80. The van der Waals surface area contributed by atoms with Crippen molar-refractivity contribution in [3.8, 4) is 0 Å². The number of nitrogens with zero attached hydrogens (tertiary/aromatic N) is 1. The Balaban J connectivity index is 1.95. The molecule has 21 heavy (non-hydrogen) atoms. The first-order chi connectivity index (χ1) is 10.3. The number of hydrogen-bond acceptors (Lipinski definition) is 2. The summed E-state index contributed by atoms with van der Waals surface area (Å²) in [5, 5.41) is 3.85. The van der Waals surface area contributed by atoms with E-state index in [4.69, 9.17) is 0 Å². The molecule has 0 spiro atoms. The lowest BCUT2D eigenvalue weighted by atomic mass is 9.73. The van der Waals surface area contributed by atoms with Gasteiger partial charge in [-0.05, 0) is 55.7 Å². The van der Waals surface area contributed by atoms with Crippen molar-refractivity contribution in [2.45, 2.75) is 71.3 Å². The molecule has 0 aromatic carbocycles. The number of aromatic nitrogens is 1. The monoisotopic (exact) mass is 288 g/mol. The van der Waals surface area contributed by atoms with Crippen LogP contribution in [-0.4, -0.2) is 17.6 Å². The highest BCUT2D eigenvalue weighted by Gasteiger charge is 2.30. The molecule has 1 heterocycles. The molecule has 0 aliphatic heterocycles. The molecule has 1 aliphatic carbocycles. The summed E-state index contributed by atoms with van der Waals surface area (Å²) in [5.41, 5.74) is 1.38. The Morgan fingerprint density at radius 2 is 2.14 bits per heavy atom. The van der Waals surface area contributed by atoms with Crippen LogP contribution in [0.2, 0.25) is 0 Å². The number of nitrogens with one attached hydrogen (secondary N) is 1. The van der Waals surface area contributed by atoms with Crippen molar-refractivity contribution in [1.29, 1.82) is 0 Å². The van der Waals surface area contributed by atoms with Crippen molar-refractivity contribution in [3.63, 3.8) is 0 Å². The van der Waals surface area contributed by atoms with Gasteiger partial charge in [0.1, 0.15) is 0 Å². The van der Waals surface area contributed by atoms with Crippen LogP contribution in [0.4, 0.5) is 0 Å². The van der Waals surface area contributed by atoms with Crippen molar-refractivity contribution in [2.24, 2.45) is 11.8 Å². The zero-order chi connectivity index (χ0) is 14.9. The standard InChI is InChI=1S/C19H32N2/c1-3-13-21-19(12-11-16-8-7-14-20-15-16)18-10-6-5-9-17(18)4-2/h7-8,14-15,17-19,21H,3-6,9-13H2,1-2H3. The highest BCUT2D eigenvalue weighted by atomic mass is 14.9. The van der Waals surface area contributed by atoms with E-state index in [2.05, 4.69) is 36.3 Å². The van der Waals surface area contributed by atoms with Gasteiger partial charge in [-0.1, -0.05) is 45.6 Å². The van der Waals surface area contributed by atoms with Gasteiger partial charge in [0.15, 0.2) is 0 Å². The van der Waals surface area contributed by atoms with E-state index >= 15 is 0 Å². The smallest absolute Gasteiger partial charge is 0.0299 e. The fourth-order valence-electron chi connectivity index (χ4n) is 3.94. The average Bonchev–Trinajstić information content (AvgIpc) is 2.56. The maximum Gasteiger partial charge on any atom is 0.0299 e. The maximum absolute atomic E-state index is 4.25. The van der Waals surface area contributed by atoms with Crippen molar-refractivity contribution in [2.75, 3.05) is 6.54 Å². The second-order valence-corrected chi connectivity index (χ2v) is 6.58. The molecule has 3 atom stereocenters. The second kappa shape index (κ2) is 9.19. The Morgan fingerprint density at radius 1 is 1.29 bits per heavy atom. The predicted molar refractivity (Wildman–Crippen MR) is 90.4 cm³/mol. The summed E-state index contributed by atoms with van der Waals surface area (Å²) in [6.07, 6.45) is 14.6. The first-order valence-corrected chi connectivity index (χ1v) is 8.97. The molecule has 1 fully saturated rings. The van der Waals surface area contributed by atoms with Gasteiger partial charge in [-0.15, -0.1) is 0 Å². The highest BCUT2D eigenvalue weighted by Crippen LogP contribution is 2.35. The Bertz CT molecular complexity index is 376. The summed E-state index contributed by atoms with van der Waals surface area (Å²) in [7, 11) is 0. The van der Waals surface area contributed by atoms with Gasteiger partial charge in [-0.2, -0.15) is 0 Å². The molecule has 2 heteroatoms. The van der Waals surface area contributed by atoms with Gasteiger partial charge in [-0.3, -0.25) is 4.98 Å². The van der Waals surface area contributed by atoms with Gasteiger partial charge in [0.05, 0.1) is 0 Å². The van der Waals surface area contributed by atoms with Crippen molar-refractivity contribution in [1.82, 2.24) is 10.3 Å². The van der Waals surface area contributed by atoms with Crippen molar-refractivity contribution >= 4 is 0 Å². The van der Waals surface area contributed by atoms with Crippen LogP contribution in [0.15, 0.2) is 24.5 Å². The third-order valence-electron chi connectivity index (χ3n) is 5.13. The molecule has 1 aliphatic rings. The topological polar surface area (TPSA) is 24.9 Å². The zero-order valence-electron chi connectivity index (χ0n) is 13.9. The van der Waals surface area contributed by atoms with E-state index in [1.165, 1.54) is 50.5 Å². The zero-order valence-corrected chi connectivity index (χ0v) is 13.9. The van der Waals surface area contributed by atoms with Crippen LogP contribution < -0.4 is 5.32 Å². The van der Waals surface area contributed by atoms with Crippen LogP contribution in [0.1, 0.15) is 64.4 Å². The molecular formula is C19H32N2. The molecule has 1 aromatic heterocycles. The fourth-order valence-corrected chi connectivity index (χ4v) is 3.94. The van der Waals surface area contributed by atoms with Gasteiger partial charge in [-0.25, -0.2) is 0 Å². The number of hydrogen-bond donors (Lipinski definition) is 1. The summed E-state index contributed by atoms with van der Waals surface area (Å²) >= 11 is 0. The molecular weight excluding hydrogens is 256 g/mol. The number of pyridine rings is 1. The molecule has 3 unspecified atom stereocenters. The number of rotatable bonds is 8. The van der Waals surface area contributed by atoms with Crippen LogP contribution in [0.5, 0.6) is 0 Å². The summed E-state index contributed by atoms with van der Waals surface area (Å²) in [6, 6.07) is 4.96. The van der Waals surface area contributed by atoms with Crippen LogP contribution in [0.3, 0.4) is 0 Å². The Labute approximate surface area is 130 Å². The minimum Gasteiger partial charge on any atom is -0.314 e. The molecule has 1 N–H and O–H groups in total. The maximum atomic E-state index is 4.25. The number of aryl methyl sites for hydroxylation is 1. The molecule has 0 radical (unpaired) electrons. The predicted octanol–water partition coefficient (Wildman–Crippen LogP) is 4.60. The van der Waals surface area contributed by atoms with Gasteiger partial charge in [0.2, 0.25) is 0 Å². The summed E-state index contributed by atoms with van der Waals surface area (Å²) in [5.74, 6) is 1.81. The van der Waals surface area contributed by atoms with Gasteiger partial charge >= 0.3 is 0 Å². The van der Waals surface area contributed by atoms with Crippen LogP contribution in [0, 0.1) is 11.8 Å². The van der Waals surface area contributed by atoms with Crippen LogP contribution in [-0.2, 0) is 6.42 Å². The highest BCUT2D eigenvalue weighted by molar-refractivity contribution is 5.08. The second-order valence-electron chi connectivity index (χ2n) is 6.58. The first-order valence-electron chi connectivity index (χ1n) is 8.97. The molecule has 0 saturated heterocycles. The molecule has 1 aromatic rings. The summed E-state index contributed by atoms with van der Waals surface area (Å²) < 4.78 is 0. The van der Waals surface area contributed by atoms with E-state index in [1.807, 2.05) is 12.4 Å². The van der Waals surface area contributed by atoms with E-state index in [0.717, 1.165) is 24.8 Å². The molecule has 0 amide bonds. The van der Waals surface area contributed by atoms with Gasteiger partial charge in [0, 0.05) is 18.4 Å². The van der Waals surface area contributed by atoms with E-state index in [0.29, 0.717) is 6.04 Å². The normalized spacial score (nSPS) is 23.9. The lowest BCUT2D eigenvalue weighted by molar-refractivity contribution is 0.169. The minimum absolute atomic E-state index is 0.690. The van der Waals surface area contributed by atoms with Crippen molar-refractivity contribution < 1.29 is 0 Å². The molecule has 2 nitrogen and oxygen atoms in total. The third-order valence-corrected chi connectivity index (χ3v) is 5.13. The first kappa shape index (κ1) is 16.5. The quantitative estimate of drug-likeness (QED) is 0.756. The Morgan fingerprint density at radius 3 is 2.86 bits per heavy atom. The van der Waals surface area contributed by atoms with Crippen LogP contribution >= 0.6 is 0 Å². The summed E-state index contributed by atoms with van der Waals surface area (Å²) in [4.78, 5) is 4.25. The molecule has 0 bridgehead atoms. The van der Waals surface area contributed by atoms with Crippen molar-refractivity contribution in [3.05, 3.63) is 30.1 Å². The fraction of sp³-hybridized carbons (Fsp3) is 0.737. The Kier molecular flexibility index (Phi) is 7.21. The lowest BCUT2D eigenvalue weighted by Crippen LogP contribution is -2.41. The minimum atomic E-state index is 0.690. The lowest BCUT2D eigenvalue weighted by Gasteiger charge is -2.37. The molecule has 2 rings (SSSR count). The SMILES string of the molecule is CCCNC(CCc1cccnc1)C1CCCCC1CC. The van der Waals surface area contributed by atoms with E-state index < -0.39 is 0 Å². The third kappa shape index (κ3) is 5.10. The average molecular weight is 288 g/mol. The van der Waals surface area contributed by atoms with E-state index in [9.17, 15) is 0 Å². The molecule has 1 saturated carbocycles. The van der Waals surface area contributed by atoms with Crippen LogP contribution in [0.25, 0.3) is 0 Å². The van der Waals surface area contributed by atoms with Gasteiger partial charge < -0.3 is 5.32 Å². The van der Waals surface area contributed by atoms with E-state index in [-0.39, 0.29) is 0 Å². The molecule has 118 valence electrons. The Hall–Kier alpha value is -0.890. The van der Waals surface area contributed by atoms with E-state index in [1.54, 1.807) is 0 Å².